The fraction of sp³-hybridized carbons (Fsp3) is 0.133. The number of benzene rings is 1. The first-order valence-corrected chi connectivity index (χ1v) is 8.73. The van der Waals surface area contributed by atoms with Gasteiger partial charge in [-0.3, -0.25) is 0 Å². The van der Waals surface area contributed by atoms with Gasteiger partial charge in [0.05, 0.1) is 9.92 Å². The van der Waals surface area contributed by atoms with Crippen molar-refractivity contribution in [2.75, 3.05) is 0 Å². The van der Waals surface area contributed by atoms with Crippen molar-refractivity contribution in [3.8, 4) is 0 Å². The Balaban J connectivity index is 2.24. The molecule has 0 saturated heterocycles. The average molecular weight is 333 g/mol. The molecule has 22 heavy (non-hydrogen) atoms. The van der Waals surface area contributed by atoms with Gasteiger partial charge in [-0.1, -0.05) is 41.6 Å². The molecule has 0 amide bonds. The summed E-state index contributed by atoms with van der Waals surface area (Å²) >= 11 is 6.14. The number of aromatic nitrogens is 2. The quantitative estimate of drug-likeness (QED) is 0.692. The molecule has 2 heterocycles. The van der Waals surface area contributed by atoms with Crippen LogP contribution in [0.5, 0.6) is 0 Å². The number of nitrogens with zero attached hydrogens (tertiary/aromatic N) is 2. The van der Waals surface area contributed by atoms with Crippen LogP contribution in [0, 0.1) is 6.92 Å². The monoisotopic (exact) mass is 332 g/mol. The number of pyridine rings is 1. The number of rotatable bonds is 3. The Morgan fingerprint density at radius 1 is 1.18 bits per heavy atom. The Morgan fingerprint density at radius 3 is 2.50 bits per heavy atom. The second-order valence-electron chi connectivity index (χ2n) is 5.11. The van der Waals surface area contributed by atoms with E-state index in [0.717, 1.165) is 16.4 Å². The lowest BCUT2D eigenvalue weighted by Crippen LogP contribution is -2.16. The maximum Gasteiger partial charge on any atom is 0.269 e. The molecule has 3 aromatic rings. The second-order valence-corrected chi connectivity index (χ2v) is 7.33. The third kappa shape index (κ3) is 2.32. The highest BCUT2D eigenvalue weighted by molar-refractivity contribution is 7.90. The molecule has 0 fully saturated rings. The van der Waals surface area contributed by atoms with Crippen LogP contribution in [0.1, 0.15) is 5.56 Å². The molecule has 0 saturated carbocycles. The zero-order valence-corrected chi connectivity index (χ0v) is 13.8. The molecule has 0 atom stereocenters. The van der Waals surface area contributed by atoms with Gasteiger partial charge in [-0.05, 0) is 25.1 Å². The molecule has 3 rings (SSSR count). The van der Waals surface area contributed by atoms with Crippen molar-refractivity contribution in [1.29, 1.82) is 0 Å². The summed E-state index contributed by atoms with van der Waals surface area (Å²) in [4.78, 5) is 4.45. The minimum absolute atomic E-state index is 0.241. The number of fused-ring (bicyclic) bond motifs is 1. The molecule has 0 aliphatic heterocycles. The van der Waals surface area contributed by atoms with E-state index in [0.29, 0.717) is 17.9 Å². The van der Waals surface area contributed by atoms with E-state index in [2.05, 4.69) is 4.98 Å². The van der Waals surface area contributed by atoms with Gasteiger partial charge in [0.25, 0.3) is 10.0 Å². The van der Waals surface area contributed by atoms with Gasteiger partial charge in [-0.25, -0.2) is 17.4 Å². The van der Waals surface area contributed by atoms with Crippen molar-refractivity contribution in [3.05, 3.63) is 53.3 Å². The van der Waals surface area contributed by atoms with E-state index in [4.69, 9.17) is 11.6 Å². The molecule has 0 aliphatic rings. The van der Waals surface area contributed by atoms with Crippen molar-refractivity contribution >= 4 is 45.4 Å². The summed E-state index contributed by atoms with van der Waals surface area (Å²) in [6.45, 7) is 3.89. The van der Waals surface area contributed by atoms with Gasteiger partial charge >= 0.3 is 0 Å². The predicted octanol–water partition coefficient (Wildman–Crippen LogP) is 2.35. The van der Waals surface area contributed by atoms with E-state index in [-0.39, 0.29) is 4.90 Å². The van der Waals surface area contributed by atoms with Crippen LogP contribution >= 0.6 is 11.6 Å². The molecule has 4 nitrogen and oxygen atoms in total. The second kappa shape index (κ2) is 5.45. The summed E-state index contributed by atoms with van der Waals surface area (Å²) in [7, 11) is -2.95. The lowest BCUT2D eigenvalue weighted by atomic mass is 9.72. The van der Waals surface area contributed by atoms with Gasteiger partial charge in [0.2, 0.25) is 0 Å². The van der Waals surface area contributed by atoms with E-state index in [9.17, 15) is 8.42 Å². The summed E-state index contributed by atoms with van der Waals surface area (Å²) in [5, 5.41) is 1.33. The molecule has 0 unspecified atom stereocenters. The first-order valence-electron chi connectivity index (χ1n) is 6.92. The minimum atomic E-state index is -3.67. The summed E-state index contributed by atoms with van der Waals surface area (Å²) in [6, 6.07) is 8.51. The molecule has 0 aliphatic carbocycles. The molecule has 0 N–H and O–H groups in total. The van der Waals surface area contributed by atoms with Crippen LogP contribution in [0.2, 0.25) is 11.8 Å². The van der Waals surface area contributed by atoms with Gasteiger partial charge in [-0.2, -0.15) is 0 Å². The van der Waals surface area contributed by atoms with Crippen molar-refractivity contribution in [2.45, 2.75) is 18.6 Å². The number of hydrogen-bond acceptors (Lipinski definition) is 3. The van der Waals surface area contributed by atoms with E-state index >= 15 is 0 Å². The molecule has 2 aromatic heterocycles. The third-order valence-corrected chi connectivity index (χ3v) is 5.68. The highest BCUT2D eigenvalue weighted by atomic mass is 35.5. The Hall–Kier alpha value is -1.79. The highest BCUT2D eigenvalue weighted by Crippen LogP contribution is 2.21. The first-order chi connectivity index (χ1) is 10.4. The highest BCUT2D eigenvalue weighted by Gasteiger charge is 2.21. The molecule has 7 heteroatoms. The summed E-state index contributed by atoms with van der Waals surface area (Å²) < 4.78 is 26.8. The molecule has 0 bridgehead atoms. The Morgan fingerprint density at radius 2 is 1.86 bits per heavy atom. The smallest absolute Gasteiger partial charge is 0.236 e. The predicted molar refractivity (Wildman–Crippen MR) is 91.2 cm³/mol. The van der Waals surface area contributed by atoms with Crippen LogP contribution in [-0.4, -0.2) is 24.7 Å². The molecular formula is C15H14BClN2O2S. The van der Waals surface area contributed by atoms with E-state index in [1.54, 1.807) is 30.3 Å². The maximum atomic E-state index is 12.8. The maximum absolute atomic E-state index is 12.8. The van der Waals surface area contributed by atoms with Gasteiger partial charge in [0, 0.05) is 17.8 Å². The van der Waals surface area contributed by atoms with Crippen molar-refractivity contribution in [3.63, 3.8) is 0 Å². The molecular weight excluding hydrogens is 319 g/mol. The molecule has 0 spiro atoms. The average Bonchev–Trinajstić information content (AvgIpc) is 2.92. The van der Waals surface area contributed by atoms with Crippen molar-refractivity contribution < 1.29 is 8.42 Å². The molecule has 1 aromatic carbocycles. The van der Waals surface area contributed by atoms with Crippen LogP contribution < -0.4 is 5.46 Å². The number of halogens is 1. The van der Waals surface area contributed by atoms with Crippen molar-refractivity contribution in [2.24, 2.45) is 0 Å². The van der Waals surface area contributed by atoms with Crippen LogP contribution in [0.4, 0.5) is 0 Å². The summed E-state index contributed by atoms with van der Waals surface area (Å²) in [5.41, 5.74) is 2.32. The fourth-order valence-corrected chi connectivity index (χ4v) is 4.06. The fourth-order valence-electron chi connectivity index (χ4n) is 2.47. The van der Waals surface area contributed by atoms with Gasteiger partial charge in [0.1, 0.15) is 0 Å². The zero-order chi connectivity index (χ0) is 15.9. The zero-order valence-electron chi connectivity index (χ0n) is 12.2. The number of aryl methyl sites for hydroxylation is 1. The first kappa shape index (κ1) is 15.1. The summed E-state index contributed by atoms with van der Waals surface area (Å²) in [6.07, 6.45) is 3.03. The largest absolute Gasteiger partial charge is 0.269 e. The normalized spacial score (nSPS) is 11.8. The molecule has 0 radical (unpaired) electrons. The lowest BCUT2D eigenvalue weighted by molar-refractivity contribution is 0.589. The van der Waals surface area contributed by atoms with Crippen LogP contribution in [0.25, 0.3) is 11.0 Å². The number of hydrogen-bond donors (Lipinski definition) is 0. The van der Waals surface area contributed by atoms with Crippen molar-refractivity contribution in [1.82, 2.24) is 8.96 Å². The standard InChI is InChI=1S/C15H14BClN2O2S/c1-10-3-5-11(6-4-10)22(20,21)19-8-7-12-14(16-2)13(17)9-18-15(12)19/h3-9,16H,1-2H3. The van der Waals surface area contributed by atoms with Gasteiger partial charge in [0.15, 0.2) is 12.9 Å². The van der Waals surface area contributed by atoms with Crippen LogP contribution in [-0.2, 0) is 10.0 Å². The van der Waals surface area contributed by atoms with Crippen LogP contribution in [0.3, 0.4) is 0 Å². The van der Waals surface area contributed by atoms with E-state index < -0.39 is 10.0 Å². The minimum Gasteiger partial charge on any atom is -0.236 e. The summed E-state index contributed by atoms with van der Waals surface area (Å²) in [5.74, 6) is 0. The van der Waals surface area contributed by atoms with Crippen LogP contribution in [0.15, 0.2) is 47.6 Å². The van der Waals surface area contributed by atoms with E-state index in [1.807, 2.05) is 13.7 Å². The topological polar surface area (TPSA) is 52.0 Å². The SMILES string of the molecule is CBc1c(Cl)cnc2c1ccn2S(=O)(=O)c1ccc(C)cc1. The van der Waals surface area contributed by atoms with Gasteiger partial charge in [-0.15, -0.1) is 0 Å². The molecule has 112 valence electrons. The Labute approximate surface area is 135 Å². The third-order valence-electron chi connectivity index (χ3n) is 3.67. The van der Waals surface area contributed by atoms with Gasteiger partial charge < -0.3 is 0 Å². The Kier molecular flexibility index (Phi) is 3.74. The van der Waals surface area contributed by atoms with E-state index in [1.165, 1.54) is 16.4 Å². The Bertz CT molecular complexity index is 950. The lowest BCUT2D eigenvalue weighted by Gasteiger charge is -2.08.